The molecule has 4 rings (SSSR count). The van der Waals surface area contributed by atoms with Crippen molar-refractivity contribution in [2.45, 2.75) is 13.8 Å². The monoisotopic (exact) mass is 278 g/mol. The van der Waals surface area contributed by atoms with Crippen molar-refractivity contribution >= 4 is 50.3 Å². The summed E-state index contributed by atoms with van der Waals surface area (Å²) < 4.78 is 2.29. The van der Waals surface area contributed by atoms with E-state index in [9.17, 15) is 0 Å². The molecule has 3 heteroatoms. The number of pyridine rings is 1. The van der Waals surface area contributed by atoms with Crippen molar-refractivity contribution in [3.05, 3.63) is 46.3 Å². The van der Waals surface area contributed by atoms with Gasteiger partial charge >= 0.3 is 0 Å². The Morgan fingerprint density at radius 1 is 1.05 bits per heavy atom. The molecule has 98 valence electrons. The summed E-state index contributed by atoms with van der Waals surface area (Å²) in [4.78, 5) is 6.05. The van der Waals surface area contributed by atoms with Gasteiger partial charge in [0.2, 0.25) is 0 Å². The van der Waals surface area contributed by atoms with E-state index in [1.54, 1.807) is 11.3 Å². The summed E-state index contributed by atoms with van der Waals surface area (Å²) >= 11 is 1.75. The van der Waals surface area contributed by atoms with Crippen LogP contribution in [-0.4, -0.2) is 9.38 Å². The van der Waals surface area contributed by atoms with Crippen LogP contribution < -0.4 is 10.6 Å². The van der Waals surface area contributed by atoms with Crippen LogP contribution in [0.1, 0.15) is 13.8 Å². The van der Waals surface area contributed by atoms with Crippen molar-refractivity contribution in [1.29, 1.82) is 0 Å². The maximum Gasteiger partial charge on any atom is 0.147 e. The lowest BCUT2D eigenvalue weighted by atomic mass is 10.1. The number of benzene rings is 1. The minimum absolute atomic E-state index is 1.06. The number of hydrogen-bond donors (Lipinski definition) is 0. The zero-order chi connectivity index (χ0) is 13.7. The van der Waals surface area contributed by atoms with Gasteiger partial charge in [0.1, 0.15) is 16.0 Å². The Kier molecular flexibility index (Phi) is 2.44. The van der Waals surface area contributed by atoms with Crippen molar-refractivity contribution in [2.24, 2.45) is 0 Å². The first-order valence-electron chi connectivity index (χ1n) is 6.74. The summed E-state index contributed by atoms with van der Waals surface area (Å²) in [7, 11) is 0. The third kappa shape index (κ3) is 1.36. The van der Waals surface area contributed by atoms with Crippen molar-refractivity contribution in [3.63, 3.8) is 0 Å². The summed E-state index contributed by atoms with van der Waals surface area (Å²) in [6.45, 7) is 4.19. The number of aromatic nitrogens is 2. The number of imidazole rings is 1. The van der Waals surface area contributed by atoms with Crippen LogP contribution in [0.2, 0.25) is 0 Å². The molecule has 0 amide bonds. The predicted molar refractivity (Wildman–Crippen MR) is 87.6 cm³/mol. The summed E-state index contributed by atoms with van der Waals surface area (Å²) in [5.74, 6) is 0. The van der Waals surface area contributed by atoms with E-state index < -0.39 is 0 Å². The van der Waals surface area contributed by atoms with Gasteiger partial charge in [-0.1, -0.05) is 36.4 Å². The molecule has 0 N–H and O–H groups in total. The van der Waals surface area contributed by atoms with Gasteiger partial charge in [0.05, 0.1) is 5.35 Å². The molecule has 0 saturated carbocycles. The van der Waals surface area contributed by atoms with E-state index in [1.165, 1.54) is 26.2 Å². The molecule has 0 spiro atoms. The van der Waals surface area contributed by atoms with E-state index in [2.05, 4.69) is 66.1 Å². The first-order valence-corrected chi connectivity index (χ1v) is 7.62. The Morgan fingerprint density at radius 3 is 2.60 bits per heavy atom. The second-order valence-corrected chi connectivity index (χ2v) is 5.70. The summed E-state index contributed by atoms with van der Waals surface area (Å²) in [5.41, 5.74) is 2.14. The van der Waals surface area contributed by atoms with E-state index in [1.807, 2.05) is 0 Å². The van der Waals surface area contributed by atoms with Crippen LogP contribution >= 0.6 is 11.3 Å². The predicted octanol–water partition coefficient (Wildman–Crippen LogP) is 3.30. The zero-order valence-electron chi connectivity index (χ0n) is 11.4. The lowest BCUT2D eigenvalue weighted by Crippen LogP contribution is -2.31. The topological polar surface area (TPSA) is 17.3 Å². The Balaban J connectivity index is 2.52. The number of rotatable bonds is 0. The van der Waals surface area contributed by atoms with Crippen LogP contribution in [0.25, 0.3) is 38.9 Å². The molecule has 0 aliphatic heterocycles. The van der Waals surface area contributed by atoms with Gasteiger partial charge in [0.25, 0.3) is 0 Å². The molecule has 0 aliphatic carbocycles. The average molecular weight is 278 g/mol. The van der Waals surface area contributed by atoms with E-state index in [0.29, 0.717) is 0 Å². The van der Waals surface area contributed by atoms with Gasteiger partial charge in [-0.2, -0.15) is 0 Å². The molecule has 3 aromatic heterocycles. The Labute approximate surface area is 120 Å². The fourth-order valence-electron chi connectivity index (χ4n) is 2.97. The quantitative estimate of drug-likeness (QED) is 0.482. The van der Waals surface area contributed by atoms with Crippen molar-refractivity contribution in [1.82, 2.24) is 9.38 Å². The summed E-state index contributed by atoms with van der Waals surface area (Å²) in [6.07, 6.45) is 4.37. The third-order valence-electron chi connectivity index (χ3n) is 3.80. The van der Waals surface area contributed by atoms with E-state index >= 15 is 0 Å². The molecule has 0 fully saturated rings. The lowest BCUT2D eigenvalue weighted by Gasteiger charge is -2.04. The molecule has 0 bridgehead atoms. The molecule has 3 heterocycles. The van der Waals surface area contributed by atoms with Gasteiger partial charge in [-0.05, 0) is 30.7 Å². The molecule has 20 heavy (non-hydrogen) atoms. The van der Waals surface area contributed by atoms with Crippen molar-refractivity contribution < 1.29 is 0 Å². The molecular weight excluding hydrogens is 264 g/mol. The van der Waals surface area contributed by atoms with Gasteiger partial charge in [0.15, 0.2) is 0 Å². The van der Waals surface area contributed by atoms with Gasteiger partial charge in [-0.25, -0.2) is 4.98 Å². The highest BCUT2D eigenvalue weighted by Crippen LogP contribution is 2.24. The maximum atomic E-state index is 4.83. The summed E-state index contributed by atoms with van der Waals surface area (Å²) in [6, 6.07) is 10.6. The van der Waals surface area contributed by atoms with Gasteiger partial charge < -0.3 is 0 Å². The fraction of sp³-hybridized carbons (Fsp3) is 0.118. The van der Waals surface area contributed by atoms with Crippen LogP contribution in [0.15, 0.2) is 35.7 Å². The Hall–Kier alpha value is -2.13. The van der Waals surface area contributed by atoms with Crippen molar-refractivity contribution in [2.75, 3.05) is 0 Å². The maximum absolute atomic E-state index is 4.83. The highest BCUT2D eigenvalue weighted by atomic mass is 32.1. The van der Waals surface area contributed by atoms with Gasteiger partial charge in [-0.15, -0.1) is 11.3 Å². The van der Waals surface area contributed by atoms with Crippen LogP contribution in [-0.2, 0) is 0 Å². The smallest absolute Gasteiger partial charge is 0.147 e. The number of fused-ring (bicyclic) bond motifs is 5. The summed E-state index contributed by atoms with van der Waals surface area (Å²) in [5, 5.41) is 7.10. The molecular formula is C17H14N2S. The fourth-order valence-corrected chi connectivity index (χ4v) is 3.82. The zero-order valence-corrected chi connectivity index (χ0v) is 12.2. The molecule has 0 aliphatic rings. The molecule has 4 aromatic rings. The first-order chi connectivity index (χ1) is 9.85. The Morgan fingerprint density at radius 2 is 1.85 bits per heavy atom. The lowest BCUT2D eigenvalue weighted by molar-refractivity contribution is 1.17. The standard InChI is InChI=1S/C17H14N2S/c1-3-11-12-7-5-6-8-13(12)16-18-14-9-10-20-17(14)19(16)15(11)4-2/h3-10H,1-2H3/b11-3-,15-4+. The molecule has 0 atom stereocenters. The average Bonchev–Trinajstić information content (AvgIpc) is 3.06. The van der Waals surface area contributed by atoms with Gasteiger partial charge in [-0.3, -0.25) is 4.40 Å². The number of thiophene rings is 1. The van der Waals surface area contributed by atoms with E-state index in [0.717, 1.165) is 11.2 Å². The minimum Gasteiger partial charge on any atom is -0.283 e. The second-order valence-electron chi connectivity index (χ2n) is 4.80. The Bertz CT molecular complexity index is 1070. The third-order valence-corrected chi connectivity index (χ3v) is 4.69. The van der Waals surface area contributed by atoms with Crippen LogP contribution in [0.4, 0.5) is 0 Å². The SMILES string of the molecule is C/C=c1\c(=C/C)n2c(nc3ccsc32)c2ccccc12. The van der Waals surface area contributed by atoms with Crippen LogP contribution in [0.3, 0.4) is 0 Å². The molecule has 0 unspecified atom stereocenters. The van der Waals surface area contributed by atoms with Gasteiger partial charge in [0, 0.05) is 10.6 Å². The molecule has 0 saturated heterocycles. The first kappa shape index (κ1) is 11.7. The number of hydrogen-bond acceptors (Lipinski definition) is 2. The van der Waals surface area contributed by atoms with Crippen LogP contribution in [0, 0.1) is 0 Å². The highest BCUT2D eigenvalue weighted by molar-refractivity contribution is 7.16. The normalized spacial score (nSPS) is 14.1. The van der Waals surface area contributed by atoms with E-state index in [4.69, 9.17) is 4.98 Å². The van der Waals surface area contributed by atoms with Crippen molar-refractivity contribution in [3.8, 4) is 0 Å². The molecule has 2 nitrogen and oxygen atoms in total. The van der Waals surface area contributed by atoms with Crippen LogP contribution in [0.5, 0.6) is 0 Å². The van der Waals surface area contributed by atoms with E-state index in [-0.39, 0.29) is 0 Å². The second kappa shape index (κ2) is 4.18. The molecule has 1 aromatic carbocycles. The number of nitrogens with zero attached hydrogens (tertiary/aromatic N) is 2. The largest absolute Gasteiger partial charge is 0.283 e. The highest BCUT2D eigenvalue weighted by Gasteiger charge is 2.11. The minimum atomic E-state index is 1.06. The molecule has 0 radical (unpaired) electrons.